The summed E-state index contributed by atoms with van der Waals surface area (Å²) < 4.78 is 10.4. The molecular weight excluding hydrogens is 360 g/mol. The zero-order chi connectivity index (χ0) is 20.7. The first-order chi connectivity index (χ1) is 13.3. The molecule has 7 heteroatoms. The second kappa shape index (κ2) is 9.55. The third kappa shape index (κ3) is 5.33. The summed E-state index contributed by atoms with van der Waals surface area (Å²) in [7, 11) is 3.05. The Morgan fingerprint density at radius 1 is 0.964 bits per heavy atom. The van der Waals surface area contributed by atoms with E-state index in [2.05, 4.69) is 5.32 Å². The number of hydrogen-bond donors (Lipinski definition) is 1. The van der Waals surface area contributed by atoms with Gasteiger partial charge in [0.15, 0.2) is 5.78 Å². The number of carbonyl (C=O) groups is 3. The number of hydrogen-bond acceptors (Lipinski definition) is 5. The van der Waals surface area contributed by atoms with E-state index in [1.54, 1.807) is 42.5 Å². The number of nitrogens with one attached hydrogen (secondary N) is 1. The van der Waals surface area contributed by atoms with Crippen LogP contribution >= 0.6 is 0 Å². The van der Waals surface area contributed by atoms with Gasteiger partial charge in [0.1, 0.15) is 11.5 Å². The van der Waals surface area contributed by atoms with Gasteiger partial charge in [-0.25, -0.2) is 0 Å². The van der Waals surface area contributed by atoms with Crippen molar-refractivity contribution in [2.24, 2.45) is 0 Å². The summed E-state index contributed by atoms with van der Waals surface area (Å²) in [6.45, 7) is 3.11. The molecule has 2 rings (SSSR count). The van der Waals surface area contributed by atoms with Gasteiger partial charge in [-0.05, 0) is 43.3 Å². The van der Waals surface area contributed by atoms with Crippen LogP contribution in [-0.4, -0.2) is 38.4 Å². The molecule has 0 aliphatic heterocycles. The predicted molar refractivity (Wildman–Crippen MR) is 107 cm³/mol. The van der Waals surface area contributed by atoms with E-state index in [0.717, 1.165) is 0 Å². The van der Waals surface area contributed by atoms with Crippen molar-refractivity contribution in [1.29, 1.82) is 0 Å². The fourth-order valence-corrected chi connectivity index (χ4v) is 2.68. The Morgan fingerprint density at radius 2 is 1.64 bits per heavy atom. The SMILES string of the molecule is COc1ccc(OC)c(NC(=O)CCN(C(C)=O)c2ccc(C(C)=O)cc2)c1. The van der Waals surface area contributed by atoms with E-state index in [1.807, 2.05) is 0 Å². The molecule has 0 aliphatic rings. The number of ketones is 1. The van der Waals surface area contributed by atoms with Crippen molar-refractivity contribution < 1.29 is 23.9 Å². The van der Waals surface area contributed by atoms with Crippen LogP contribution in [0.4, 0.5) is 11.4 Å². The summed E-state index contributed by atoms with van der Waals surface area (Å²) in [5.74, 6) is 0.595. The molecule has 0 saturated carbocycles. The summed E-state index contributed by atoms with van der Waals surface area (Å²) in [6, 6.07) is 11.8. The summed E-state index contributed by atoms with van der Waals surface area (Å²) in [6.07, 6.45) is 0.0917. The molecule has 0 spiro atoms. The lowest BCUT2D eigenvalue weighted by molar-refractivity contribution is -0.117. The highest BCUT2D eigenvalue weighted by atomic mass is 16.5. The first-order valence-corrected chi connectivity index (χ1v) is 8.76. The highest BCUT2D eigenvalue weighted by molar-refractivity contribution is 5.97. The minimum Gasteiger partial charge on any atom is -0.497 e. The molecule has 0 aromatic heterocycles. The Morgan fingerprint density at radius 3 is 2.18 bits per heavy atom. The molecule has 1 N–H and O–H groups in total. The molecule has 0 heterocycles. The van der Waals surface area contributed by atoms with Crippen LogP contribution in [0, 0.1) is 0 Å². The lowest BCUT2D eigenvalue weighted by atomic mass is 10.1. The molecule has 0 aliphatic carbocycles. The Bertz CT molecular complexity index is 862. The van der Waals surface area contributed by atoms with Crippen LogP contribution in [0.15, 0.2) is 42.5 Å². The highest BCUT2D eigenvalue weighted by Crippen LogP contribution is 2.29. The largest absolute Gasteiger partial charge is 0.497 e. The number of nitrogens with zero attached hydrogens (tertiary/aromatic N) is 1. The van der Waals surface area contributed by atoms with Gasteiger partial charge in [-0.1, -0.05) is 0 Å². The van der Waals surface area contributed by atoms with Gasteiger partial charge < -0.3 is 19.7 Å². The minimum absolute atomic E-state index is 0.0486. The molecule has 0 unspecified atom stereocenters. The number of carbonyl (C=O) groups excluding carboxylic acids is 3. The van der Waals surface area contributed by atoms with Gasteiger partial charge in [-0.15, -0.1) is 0 Å². The quantitative estimate of drug-likeness (QED) is 0.706. The van der Waals surface area contributed by atoms with Crippen LogP contribution < -0.4 is 19.7 Å². The Hall–Kier alpha value is -3.35. The van der Waals surface area contributed by atoms with Gasteiger partial charge in [0.25, 0.3) is 0 Å². The number of methoxy groups -OCH3 is 2. The van der Waals surface area contributed by atoms with Crippen LogP contribution in [0.5, 0.6) is 11.5 Å². The zero-order valence-electron chi connectivity index (χ0n) is 16.4. The molecule has 0 saturated heterocycles. The predicted octanol–water partition coefficient (Wildman–Crippen LogP) is 3.29. The van der Waals surface area contributed by atoms with Crippen molar-refractivity contribution in [1.82, 2.24) is 0 Å². The number of amides is 2. The standard InChI is InChI=1S/C21H24N2O5/c1-14(24)16-5-7-17(8-6-16)23(15(2)25)12-11-21(26)22-19-13-18(27-3)9-10-20(19)28-4/h5-10,13H,11-12H2,1-4H3,(H,22,26). The third-order valence-corrected chi connectivity index (χ3v) is 4.21. The summed E-state index contributed by atoms with van der Waals surface area (Å²) >= 11 is 0. The van der Waals surface area contributed by atoms with Gasteiger partial charge in [0.2, 0.25) is 11.8 Å². The number of ether oxygens (including phenoxy) is 2. The van der Waals surface area contributed by atoms with E-state index in [0.29, 0.717) is 28.4 Å². The van der Waals surface area contributed by atoms with Crippen LogP contribution in [0.2, 0.25) is 0 Å². The topological polar surface area (TPSA) is 84.9 Å². The van der Waals surface area contributed by atoms with E-state index < -0.39 is 0 Å². The molecule has 148 valence electrons. The Balaban J connectivity index is 2.06. The van der Waals surface area contributed by atoms with Gasteiger partial charge in [-0.2, -0.15) is 0 Å². The van der Waals surface area contributed by atoms with E-state index in [4.69, 9.17) is 9.47 Å². The van der Waals surface area contributed by atoms with Gasteiger partial charge in [-0.3, -0.25) is 14.4 Å². The maximum absolute atomic E-state index is 12.4. The molecule has 2 amide bonds. The van der Waals surface area contributed by atoms with Crippen molar-refractivity contribution in [2.45, 2.75) is 20.3 Å². The molecule has 0 bridgehead atoms. The summed E-state index contributed by atoms with van der Waals surface area (Å²) in [4.78, 5) is 37.3. The lowest BCUT2D eigenvalue weighted by Gasteiger charge is -2.21. The highest BCUT2D eigenvalue weighted by Gasteiger charge is 2.15. The van der Waals surface area contributed by atoms with Crippen molar-refractivity contribution in [3.05, 3.63) is 48.0 Å². The van der Waals surface area contributed by atoms with Crippen molar-refractivity contribution in [3.63, 3.8) is 0 Å². The van der Waals surface area contributed by atoms with Gasteiger partial charge in [0, 0.05) is 37.2 Å². The molecule has 0 fully saturated rings. The average Bonchev–Trinajstić information content (AvgIpc) is 2.68. The second-order valence-electron chi connectivity index (χ2n) is 6.14. The van der Waals surface area contributed by atoms with Crippen LogP contribution in [-0.2, 0) is 9.59 Å². The van der Waals surface area contributed by atoms with E-state index in [-0.39, 0.29) is 30.6 Å². The molecule has 7 nitrogen and oxygen atoms in total. The Kier molecular flexibility index (Phi) is 7.14. The van der Waals surface area contributed by atoms with Crippen LogP contribution in [0.25, 0.3) is 0 Å². The maximum atomic E-state index is 12.4. The molecule has 0 radical (unpaired) electrons. The zero-order valence-corrected chi connectivity index (χ0v) is 16.4. The summed E-state index contributed by atoms with van der Waals surface area (Å²) in [5.41, 5.74) is 1.69. The fourth-order valence-electron chi connectivity index (χ4n) is 2.68. The molecule has 0 atom stereocenters. The van der Waals surface area contributed by atoms with E-state index >= 15 is 0 Å². The van der Waals surface area contributed by atoms with E-state index in [1.165, 1.54) is 33.0 Å². The molecule has 2 aromatic rings. The number of rotatable bonds is 8. The van der Waals surface area contributed by atoms with Crippen LogP contribution in [0.3, 0.4) is 0 Å². The fraction of sp³-hybridized carbons (Fsp3) is 0.286. The van der Waals surface area contributed by atoms with Gasteiger partial charge >= 0.3 is 0 Å². The minimum atomic E-state index is -0.266. The van der Waals surface area contributed by atoms with Crippen molar-refractivity contribution >= 4 is 29.0 Å². The van der Waals surface area contributed by atoms with Crippen molar-refractivity contribution in [3.8, 4) is 11.5 Å². The third-order valence-electron chi connectivity index (χ3n) is 4.21. The maximum Gasteiger partial charge on any atom is 0.226 e. The lowest BCUT2D eigenvalue weighted by Crippen LogP contribution is -2.32. The normalized spacial score (nSPS) is 10.1. The number of anilines is 2. The van der Waals surface area contributed by atoms with Crippen molar-refractivity contribution in [2.75, 3.05) is 31.0 Å². The smallest absolute Gasteiger partial charge is 0.226 e. The van der Waals surface area contributed by atoms with E-state index in [9.17, 15) is 14.4 Å². The summed E-state index contributed by atoms with van der Waals surface area (Å²) in [5, 5.41) is 2.78. The molecular formula is C21H24N2O5. The second-order valence-corrected chi connectivity index (χ2v) is 6.14. The molecule has 2 aromatic carbocycles. The van der Waals surface area contributed by atoms with Gasteiger partial charge in [0.05, 0.1) is 19.9 Å². The number of Topliss-reactive ketones (excluding diaryl/α,β-unsaturated/α-hetero) is 1. The average molecular weight is 384 g/mol. The monoisotopic (exact) mass is 384 g/mol. The van der Waals surface area contributed by atoms with Crippen LogP contribution in [0.1, 0.15) is 30.6 Å². The Labute approximate surface area is 164 Å². The number of benzene rings is 2. The first-order valence-electron chi connectivity index (χ1n) is 8.76. The first kappa shape index (κ1) is 21.0. The molecule has 28 heavy (non-hydrogen) atoms.